The lowest BCUT2D eigenvalue weighted by atomic mass is 10.1. The van der Waals surface area contributed by atoms with Crippen LogP contribution >= 0.6 is 12.6 Å². The van der Waals surface area contributed by atoms with Crippen molar-refractivity contribution in [2.75, 3.05) is 6.61 Å². The average Bonchev–Trinajstić information content (AvgIpc) is 3.00. The van der Waals surface area contributed by atoms with Crippen molar-refractivity contribution in [2.45, 2.75) is 57.6 Å². The van der Waals surface area contributed by atoms with Crippen molar-refractivity contribution in [3.63, 3.8) is 0 Å². The van der Waals surface area contributed by atoms with Gasteiger partial charge < -0.3 is 9.57 Å². The smallest absolute Gasteiger partial charge is 0.333 e. The van der Waals surface area contributed by atoms with Crippen molar-refractivity contribution in [3.05, 3.63) is 29.8 Å². The van der Waals surface area contributed by atoms with Crippen molar-refractivity contribution in [2.24, 2.45) is 5.10 Å². The monoisotopic (exact) mass is 449 g/mol. The Balaban J connectivity index is 1.72. The van der Waals surface area contributed by atoms with E-state index >= 15 is 0 Å². The summed E-state index contributed by atoms with van der Waals surface area (Å²) in [5, 5.41) is 4.63. The van der Waals surface area contributed by atoms with Gasteiger partial charge in [-0.25, -0.2) is 10.2 Å². The normalized spacial score (nSPS) is 14.6. The van der Waals surface area contributed by atoms with E-state index in [0.717, 1.165) is 5.56 Å². The van der Waals surface area contributed by atoms with Gasteiger partial charge in [0.2, 0.25) is 5.91 Å². The van der Waals surface area contributed by atoms with Crippen LogP contribution in [0.25, 0.3) is 0 Å². The van der Waals surface area contributed by atoms with E-state index in [1.165, 1.54) is 0 Å². The number of hydrazone groups is 1. The topological polar surface area (TPSA) is 114 Å². The van der Waals surface area contributed by atoms with E-state index in [0.29, 0.717) is 22.9 Å². The number of rotatable bonds is 10. The molecule has 0 unspecified atom stereocenters. The van der Waals surface area contributed by atoms with Gasteiger partial charge in [-0.05, 0) is 43.2 Å². The lowest BCUT2D eigenvalue weighted by Crippen LogP contribution is -2.32. The summed E-state index contributed by atoms with van der Waals surface area (Å²) < 4.78 is 5.17. The number of carbonyl (C=O) groups excluding carboxylic acids is 4. The molecule has 1 fully saturated rings. The molecule has 1 saturated heterocycles. The largest absolute Gasteiger partial charge is 0.494 e. The molecule has 0 saturated carbocycles. The van der Waals surface area contributed by atoms with E-state index < -0.39 is 22.5 Å². The van der Waals surface area contributed by atoms with Gasteiger partial charge in [0.1, 0.15) is 5.75 Å². The molecule has 2 rings (SSSR count). The second-order valence-electron chi connectivity index (χ2n) is 7.74. The summed E-state index contributed by atoms with van der Waals surface area (Å²) in [6.45, 7) is 5.75. The highest BCUT2D eigenvalue weighted by Crippen LogP contribution is 2.17. The molecule has 1 heterocycles. The highest BCUT2D eigenvalue weighted by molar-refractivity contribution is 7.81. The molecule has 0 aromatic heterocycles. The van der Waals surface area contributed by atoms with Crippen LogP contribution in [0.4, 0.5) is 0 Å². The third-order valence-corrected chi connectivity index (χ3v) is 4.36. The van der Waals surface area contributed by atoms with E-state index in [2.05, 4.69) is 23.2 Å². The minimum atomic E-state index is -0.655. The number of ether oxygens (including phenoxy) is 1. The molecule has 1 aliphatic rings. The summed E-state index contributed by atoms with van der Waals surface area (Å²) in [6.07, 6.45) is 0.761. The standard InChI is InChI=1S/C21H27N3O6S/c1-14(22-23-17(25)13-21(2,3)31)15-6-8-16(9-7-15)29-12-4-5-20(28)30-24-18(26)10-11-19(24)27/h6-9,31H,4-5,10-13H2,1-3H3,(H,23,25)/b22-14-. The number of thiol groups is 1. The SMILES string of the molecule is C/C(=N/NC(=O)CC(C)(C)S)c1ccc(OCCCC(=O)ON2C(=O)CCC2=O)cc1. The molecule has 1 N–H and O–H groups in total. The van der Waals surface area contributed by atoms with Crippen molar-refractivity contribution >= 4 is 42.0 Å². The molecule has 0 atom stereocenters. The van der Waals surface area contributed by atoms with Crippen LogP contribution in [0.1, 0.15) is 58.4 Å². The van der Waals surface area contributed by atoms with Crippen LogP contribution in [0.5, 0.6) is 5.75 Å². The number of nitrogens with zero attached hydrogens (tertiary/aromatic N) is 2. The van der Waals surface area contributed by atoms with Crippen molar-refractivity contribution < 1.29 is 28.8 Å². The van der Waals surface area contributed by atoms with Crippen LogP contribution in [0.3, 0.4) is 0 Å². The first kappa shape index (κ1) is 24.4. The van der Waals surface area contributed by atoms with Gasteiger partial charge in [-0.1, -0.05) is 13.8 Å². The average molecular weight is 450 g/mol. The van der Waals surface area contributed by atoms with Gasteiger partial charge in [0.25, 0.3) is 11.8 Å². The van der Waals surface area contributed by atoms with Crippen molar-refractivity contribution in [1.82, 2.24) is 10.5 Å². The van der Waals surface area contributed by atoms with Gasteiger partial charge in [0.05, 0.1) is 18.7 Å². The molecule has 10 heteroatoms. The minimum absolute atomic E-state index is 0.0176. The van der Waals surface area contributed by atoms with Crippen LogP contribution in [-0.4, -0.2) is 45.8 Å². The van der Waals surface area contributed by atoms with Crippen molar-refractivity contribution in [3.8, 4) is 5.75 Å². The highest BCUT2D eigenvalue weighted by atomic mass is 32.1. The highest BCUT2D eigenvalue weighted by Gasteiger charge is 2.32. The lowest BCUT2D eigenvalue weighted by molar-refractivity contribution is -0.197. The number of hydrogen-bond acceptors (Lipinski definition) is 8. The molecule has 1 aliphatic heterocycles. The van der Waals surface area contributed by atoms with Gasteiger partial charge in [0, 0.05) is 24.0 Å². The fourth-order valence-electron chi connectivity index (χ4n) is 2.65. The Bertz CT molecular complexity index is 845. The quantitative estimate of drug-likeness (QED) is 0.186. The molecule has 3 amide bonds. The predicted octanol–water partition coefficient (Wildman–Crippen LogP) is 2.39. The Morgan fingerprint density at radius 2 is 1.77 bits per heavy atom. The van der Waals surface area contributed by atoms with Crippen LogP contribution in [0.2, 0.25) is 0 Å². The van der Waals surface area contributed by atoms with E-state index in [1.807, 2.05) is 26.0 Å². The second-order valence-corrected chi connectivity index (χ2v) is 8.95. The number of hydroxylamine groups is 2. The molecule has 1 aromatic rings. The summed E-state index contributed by atoms with van der Waals surface area (Å²) in [6, 6.07) is 7.13. The molecule has 31 heavy (non-hydrogen) atoms. The first-order chi connectivity index (χ1) is 14.5. The summed E-state index contributed by atoms with van der Waals surface area (Å²) >= 11 is 4.32. The number of amides is 3. The Morgan fingerprint density at radius 3 is 2.35 bits per heavy atom. The fraction of sp³-hybridized carbons (Fsp3) is 0.476. The Hall–Kier alpha value is -2.88. The Morgan fingerprint density at radius 1 is 1.16 bits per heavy atom. The summed E-state index contributed by atoms with van der Waals surface area (Å²) in [4.78, 5) is 51.2. The summed E-state index contributed by atoms with van der Waals surface area (Å²) in [7, 11) is 0. The molecule has 1 aromatic carbocycles. The molecular weight excluding hydrogens is 422 g/mol. The third kappa shape index (κ3) is 8.41. The zero-order valence-corrected chi connectivity index (χ0v) is 18.7. The van der Waals surface area contributed by atoms with E-state index in [9.17, 15) is 19.2 Å². The molecule has 0 aliphatic carbocycles. The van der Waals surface area contributed by atoms with Gasteiger partial charge >= 0.3 is 5.97 Å². The maximum absolute atomic E-state index is 11.8. The molecule has 0 spiro atoms. The maximum Gasteiger partial charge on any atom is 0.333 e. The number of hydrogen-bond donors (Lipinski definition) is 2. The van der Waals surface area contributed by atoms with Gasteiger partial charge in [-0.2, -0.15) is 17.7 Å². The first-order valence-corrected chi connectivity index (χ1v) is 10.4. The van der Waals surface area contributed by atoms with E-state index in [4.69, 9.17) is 9.57 Å². The Labute approximate surface area is 186 Å². The summed E-state index contributed by atoms with van der Waals surface area (Å²) in [5.74, 6) is -1.26. The number of benzene rings is 1. The summed E-state index contributed by atoms with van der Waals surface area (Å²) in [5.41, 5.74) is 3.98. The maximum atomic E-state index is 11.8. The number of carbonyl (C=O) groups is 4. The van der Waals surface area contributed by atoms with Crippen LogP contribution in [0, 0.1) is 0 Å². The number of imide groups is 1. The van der Waals surface area contributed by atoms with E-state index in [-0.39, 0.29) is 38.2 Å². The van der Waals surface area contributed by atoms with Crippen LogP contribution in [-0.2, 0) is 24.0 Å². The fourth-order valence-corrected chi connectivity index (χ4v) is 2.79. The molecule has 0 radical (unpaired) electrons. The van der Waals surface area contributed by atoms with Gasteiger partial charge in [0.15, 0.2) is 0 Å². The second kappa shape index (κ2) is 10.9. The predicted molar refractivity (Wildman–Crippen MR) is 116 cm³/mol. The Kier molecular flexibility index (Phi) is 8.61. The zero-order valence-electron chi connectivity index (χ0n) is 17.8. The third-order valence-electron chi connectivity index (χ3n) is 4.21. The first-order valence-electron chi connectivity index (χ1n) is 9.90. The number of nitrogens with one attached hydrogen (secondary N) is 1. The molecule has 9 nitrogen and oxygen atoms in total. The van der Waals surface area contributed by atoms with Crippen molar-refractivity contribution in [1.29, 1.82) is 0 Å². The lowest BCUT2D eigenvalue weighted by Gasteiger charge is -2.15. The van der Waals surface area contributed by atoms with Gasteiger partial charge in [-0.15, -0.1) is 5.06 Å². The van der Waals surface area contributed by atoms with E-state index in [1.54, 1.807) is 19.1 Å². The zero-order chi connectivity index (χ0) is 23.0. The molecular formula is C21H27N3O6S. The van der Waals surface area contributed by atoms with Crippen LogP contribution in [0.15, 0.2) is 29.4 Å². The van der Waals surface area contributed by atoms with Crippen LogP contribution < -0.4 is 10.2 Å². The minimum Gasteiger partial charge on any atom is -0.494 e. The molecule has 168 valence electrons. The molecule has 0 bridgehead atoms. The van der Waals surface area contributed by atoms with Gasteiger partial charge in [-0.3, -0.25) is 14.4 Å².